The number of aromatic nitrogens is 2. The molecule has 114 valence electrons. The molecule has 20 heavy (non-hydrogen) atoms. The molecule has 0 radical (unpaired) electrons. The molecule has 1 aromatic heterocycles. The Morgan fingerprint density at radius 1 is 1.40 bits per heavy atom. The van der Waals surface area contributed by atoms with E-state index in [9.17, 15) is 9.90 Å². The summed E-state index contributed by atoms with van der Waals surface area (Å²) >= 11 is 0. The highest BCUT2D eigenvalue weighted by Crippen LogP contribution is 2.12. The molecule has 1 amide bonds. The molecule has 1 atom stereocenters. The first kappa shape index (κ1) is 16.7. The Labute approximate surface area is 121 Å². The van der Waals surface area contributed by atoms with Crippen molar-refractivity contribution in [1.82, 2.24) is 14.9 Å². The topological polar surface area (TPSA) is 67.2 Å². The number of nitrogens with zero attached hydrogens (tertiary/aromatic N) is 2. The van der Waals surface area contributed by atoms with Gasteiger partial charge in [-0.15, -0.1) is 0 Å². The number of aryl methyl sites for hydroxylation is 1. The summed E-state index contributed by atoms with van der Waals surface area (Å²) < 4.78 is 2.01. The first-order chi connectivity index (χ1) is 9.43. The van der Waals surface area contributed by atoms with Gasteiger partial charge in [0.2, 0.25) is 5.91 Å². The minimum absolute atomic E-state index is 0.00770. The SMILES string of the molecule is CC(C)CC(CO)NC(=O)CCn1ccnc1C(C)C. The quantitative estimate of drug-likeness (QED) is 0.765. The molecule has 0 bridgehead atoms. The average Bonchev–Trinajstić information content (AvgIpc) is 2.83. The maximum atomic E-state index is 11.9. The molecule has 2 N–H and O–H groups in total. The maximum Gasteiger partial charge on any atom is 0.222 e. The van der Waals surface area contributed by atoms with Gasteiger partial charge in [0.25, 0.3) is 0 Å². The summed E-state index contributed by atoms with van der Waals surface area (Å²) in [6.45, 7) is 8.95. The molecule has 0 saturated heterocycles. The molecule has 1 rings (SSSR count). The maximum absolute atomic E-state index is 11.9. The van der Waals surface area contributed by atoms with Crippen LogP contribution in [0.2, 0.25) is 0 Å². The highest BCUT2D eigenvalue weighted by atomic mass is 16.3. The van der Waals surface area contributed by atoms with Crippen molar-refractivity contribution in [2.75, 3.05) is 6.61 Å². The molecule has 0 saturated carbocycles. The van der Waals surface area contributed by atoms with Crippen LogP contribution in [0.3, 0.4) is 0 Å². The van der Waals surface area contributed by atoms with E-state index < -0.39 is 0 Å². The molecule has 0 fully saturated rings. The van der Waals surface area contributed by atoms with E-state index in [1.165, 1.54) is 0 Å². The van der Waals surface area contributed by atoms with Crippen molar-refractivity contribution in [3.05, 3.63) is 18.2 Å². The lowest BCUT2D eigenvalue weighted by Crippen LogP contribution is -2.38. The van der Waals surface area contributed by atoms with E-state index >= 15 is 0 Å². The van der Waals surface area contributed by atoms with Gasteiger partial charge in [0, 0.05) is 31.3 Å². The monoisotopic (exact) mass is 281 g/mol. The number of imidazole rings is 1. The highest BCUT2D eigenvalue weighted by molar-refractivity contribution is 5.76. The van der Waals surface area contributed by atoms with Crippen molar-refractivity contribution in [2.24, 2.45) is 5.92 Å². The van der Waals surface area contributed by atoms with E-state index in [0.29, 0.717) is 24.8 Å². The summed E-state index contributed by atoms with van der Waals surface area (Å²) in [7, 11) is 0. The fourth-order valence-electron chi connectivity index (χ4n) is 2.28. The van der Waals surface area contributed by atoms with Crippen LogP contribution >= 0.6 is 0 Å². The van der Waals surface area contributed by atoms with Crippen LogP contribution in [0.4, 0.5) is 0 Å². The zero-order valence-corrected chi connectivity index (χ0v) is 13.0. The minimum atomic E-state index is -0.144. The van der Waals surface area contributed by atoms with Crippen molar-refractivity contribution < 1.29 is 9.90 Å². The molecular formula is C15H27N3O2. The standard InChI is InChI=1S/C15H27N3O2/c1-11(2)9-13(10-19)17-14(20)5-7-18-8-6-16-15(18)12(3)4/h6,8,11-13,19H,5,7,9-10H2,1-4H3,(H,17,20). The lowest BCUT2D eigenvalue weighted by Gasteiger charge is -2.18. The van der Waals surface area contributed by atoms with E-state index in [1.807, 2.05) is 10.8 Å². The second kappa shape index (κ2) is 8.04. The van der Waals surface area contributed by atoms with Gasteiger partial charge < -0.3 is 15.0 Å². The molecule has 1 unspecified atom stereocenters. The fraction of sp³-hybridized carbons (Fsp3) is 0.733. The van der Waals surface area contributed by atoms with Crippen molar-refractivity contribution >= 4 is 5.91 Å². The smallest absolute Gasteiger partial charge is 0.222 e. The van der Waals surface area contributed by atoms with Crippen LogP contribution in [-0.4, -0.2) is 33.2 Å². The predicted molar refractivity (Wildman–Crippen MR) is 79.4 cm³/mol. The highest BCUT2D eigenvalue weighted by Gasteiger charge is 2.14. The van der Waals surface area contributed by atoms with Crippen molar-refractivity contribution in [2.45, 2.75) is 59.0 Å². The van der Waals surface area contributed by atoms with Crippen LogP contribution in [0.15, 0.2) is 12.4 Å². The Morgan fingerprint density at radius 2 is 2.10 bits per heavy atom. The fourth-order valence-corrected chi connectivity index (χ4v) is 2.28. The number of aliphatic hydroxyl groups excluding tert-OH is 1. The van der Waals surface area contributed by atoms with Gasteiger partial charge in [0.05, 0.1) is 12.6 Å². The molecule has 1 aromatic rings. The molecule has 0 aliphatic rings. The van der Waals surface area contributed by atoms with Crippen LogP contribution in [0.1, 0.15) is 52.3 Å². The normalized spacial score (nSPS) is 12.9. The third-order valence-electron chi connectivity index (χ3n) is 3.19. The van der Waals surface area contributed by atoms with E-state index in [0.717, 1.165) is 12.2 Å². The molecular weight excluding hydrogens is 254 g/mol. The number of carbonyl (C=O) groups is 1. The van der Waals surface area contributed by atoms with Crippen LogP contribution in [0, 0.1) is 5.92 Å². The van der Waals surface area contributed by atoms with E-state index in [-0.39, 0.29) is 18.6 Å². The molecule has 5 nitrogen and oxygen atoms in total. The number of hydrogen-bond donors (Lipinski definition) is 2. The third kappa shape index (κ3) is 5.33. The number of amides is 1. The molecule has 5 heteroatoms. The summed E-state index contributed by atoms with van der Waals surface area (Å²) in [5, 5.41) is 12.1. The Balaban J connectivity index is 2.44. The number of nitrogens with one attached hydrogen (secondary N) is 1. The van der Waals surface area contributed by atoms with Gasteiger partial charge in [-0.2, -0.15) is 0 Å². The van der Waals surface area contributed by atoms with Gasteiger partial charge in [-0.05, 0) is 12.3 Å². The van der Waals surface area contributed by atoms with Gasteiger partial charge in [-0.25, -0.2) is 4.98 Å². The molecule has 0 aromatic carbocycles. The van der Waals surface area contributed by atoms with Crippen molar-refractivity contribution in [3.63, 3.8) is 0 Å². The van der Waals surface area contributed by atoms with Crippen molar-refractivity contribution in [3.8, 4) is 0 Å². The number of rotatable bonds is 8. The molecule has 0 aliphatic heterocycles. The van der Waals surface area contributed by atoms with Gasteiger partial charge >= 0.3 is 0 Å². The zero-order valence-electron chi connectivity index (χ0n) is 13.0. The lowest BCUT2D eigenvalue weighted by molar-refractivity contribution is -0.122. The largest absolute Gasteiger partial charge is 0.394 e. The third-order valence-corrected chi connectivity index (χ3v) is 3.19. The summed E-state index contributed by atoms with van der Waals surface area (Å²) in [5.41, 5.74) is 0. The first-order valence-corrected chi connectivity index (χ1v) is 7.35. The Morgan fingerprint density at radius 3 is 2.65 bits per heavy atom. The number of aliphatic hydroxyl groups is 1. The summed E-state index contributed by atoms with van der Waals surface area (Å²) in [6.07, 6.45) is 4.87. The summed E-state index contributed by atoms with van der Waals surface area (Å²) in [6, 6.07) is -0.144. The van der Waals surface area contributed by atoms with Crippen molar-refractivity contribution in [1.29, 1.82) is 0 Å². The predicted octanol–water partition coefficient (Wildman–Crippen LogP) is 1.92. The first-order valence-electron chi connectivity index (χ1n) is 7.35. The molecule has 0 spiro atoms. The van der Waals surface area contributed by atoms with E-state index in [4.69, 9.17) is 0 Å². The molecule has 1 heterocycles. The van der Waals surface area contributed by atoms with Crippen LogP contribution in [-0.2, 0) is 11.3 Å². The van der Waals surface area contributed by atoms with Gasteiger partial charge in [0.1, 0.15) is 5.82 Å². The summed E-state index contributed by atoms with van der Waals surface area (Å²) in [5.74, 6) is 1.78. The van der Waals surface area contributed by atoms with Crippen LogP contribution in [0.25, 0.3) is 0 Å². The zero-order chi connectivity index (χ0) is 15.1. The Bertz CT molecular complexity index is 413. The Kier molecular flexibility index (Phi) is 6.71. The van der Waals surface area contributed by atoms with E-state index in [1.54, 1.807) is 6.20 Å². The van der Waals surface area contributed by atoms with Gasteiger partial charge in [-0.1, -0.05) is 27.7 Å². The number of hydrogen-bond acceptors (Lipinski definition) is 3. The van der Waals surface area contributed by atoms with E-state index in [2.05, 4.69) is 38.0 Å². The Hall–Kier alpha value is -1.36. The summed E-state index contributed by atoms with van der Waals surface area (Å²) in [4.78, 5) is 16.2. The van der Waals surface area contributed by atoms with Gasteiger partial charge in [0.15, 0.2) is 0 Å². The average molecular weight is 281 g/mol. The number of carbonyl (C=O) groups excluding carboxylic acids is 1. The van der Waals surface area contributed by atoms with Crippen LogP contribution < -0.4 is 5.32 Å². The van der Waals surface area contributed by atoms with Crippen LogP contribution in [0.5, 0.6) is 0 Å². The lowest BCUT2D eigenvalue weighted by atomic mass is 10.0. The minimum Gasteiger partial charge on any atom is -0.394 e. The molecule has 0 aliphatic carbocycles. The second-order valence-corrected chi connectivity index (χ2v) is 5.96. The van der Waals surface area contributed by atoms with Gasteiger partial charge in [-0.3, -0.25) is 4.79 Å². The second-order valence-electron chi connectivity index (χ2n) is 5.96.